The number of nitrogens with one attached hydrogen (secondary N) is 1. The molecule has 3 aromatic rings. The van der Waals surface area contributed by atoms with Crippen LogP contribution in [0.15, 0.2) is 42.7 Å². The van der Waals surface area contributed by atoms with Gasteiger partial charge in [0.15, 0.2) is 5.69 Å². The van der Waals surface area contributed by atoms with Gasteiger partial charge in [0.1, 0.15) is 0 Å². The van der Waals surface area contributed by atoms with Crippen LogP contribution in [0.4, 0.5) is 0 Å². The Morgan fingerprint density at radius 3 is 2.82 bits per heavy atom. The molecule has 1 saturated heterocycles. The van der Waals surface area contributed by atoms with Crippen molar-refractivity contribution in [2.24, 2.45) is 5.41 Å². The van der Waals surface area contributed by atoms with Crippen molar-refractivity contribution < 1.29 is 14.3 Å². The minimum absolute atomic E-state index is 0.0715. The van der Waals surface area contributed by atoms with Crippen molar-refractivity contribution in [1.82, 2.24) is 30.2 Å². The predicted molar refractivity (Wildman–Crippen MR) is 122 cm³/mol. The number of carbonyl (C=O) groups is 2. The molecule has 1 N–H and O–H groups in total. The molecule has 172 valence electrons. The van der Waals surface area contributed by atoms with Gasteiger partial charge in [-0.05, 0) is 55.4 Å². The van der Waals surface area contributed by atoms with Gasteiger partial charge >= 0.3 is 0 Å². The van der Waals surface area contributed by atoms with E-state index in [-0.39, 0.29) is 23.3 Å². The molecular formula is C24H28N6O3. The molecule has 2 fully saturated rings. The molecule has 9 nitrogen and oxygen atoms in total. The predicted octanol–water partition coefficient (Wildman–Crippen LogP) is 2.46. The highest BCUT2D eigenvalue weighted by molar-refractivity contribution is 5.98. The van der Waals surface area contributed by atoms with E-state index < -0.39 is 0 Å². The molecule has 2 amide bonds. The molecule has 0 bridgehead atoms. The lowest BCUT2D eigenvalue weighted by atomic mass is 9.59. The van der Waals surface area contributed by atoms with Gasteiger partial charge < -0.3 is 15.0 Å². The number of hydrogen-bond acceptors (Lipinski definition) is 6. The molecule has 1 aliphatic heterocycles. The zero-order valence-electron chi connectivity index (χ0n) is 18.7. The summed E-state index contributed by atoms with van der Waals surface area (Å²) in [5.74, 6) is -0.167. The van der Waals surface area contributed by atoms with Gasteiger partial charge in [0.05, 0.1) is 24.4 Å². The van der Waals surface area contributed by atoms with Gasteiger partial charge in [-0.1, -0.05) is 11.3 Å². The summed E-state index contributed by atoms with van der Waals surface area (Å²) >= 11 is 0. The van der Waals surface area contributed by atoms with Gasteiger partial charge in [0, 0.05) is 43.9 Å². The van der Waals surface area contributed by atoms with Crippen LogP contribution in [0.5, 0.6) is 0 Å². The van der Waals surface area contributed by atoms with E-state index in [1.165, 1.54) is 0 Å². The number of carbonyl (C=O) groups excluding carboxylic acids is 2. The number of piperidine rings is 1. The number of ether oxygens (including phenoxy) is 1. The Hall–Kier alpha value is -3.33. The number of nitrogens with zero attached hydrogens (tertiary/aromatic N) is 5. The van der Waals surface area contributed by atoms with E-state index >= 15 is 0 Å². The monoisotopic (exact) mass is 448 g/mol. The lowest BCUT2D eigenvalue weighted by Gasteiger charge is -2.53. The van der Waals surface area contributed by atoms with Gasteiger partial charge in [-0.25, -0.2) is 4.68 Å². The second-order valence-corrected chi connectivity index (χ2v) is 8.95. The van der Waals surface area contributed by atoms with Gasteiger partial charge in [-0.15, -0.1) is 5.10 Å². The molecule has 2 aromatic heterocycles. The molecule has 2 aliphatic rings. The van der Waals surface area contributed by atoms with Crippen LogP contribution in [0.25, 0.3) is 10.9 Å². The smallest absolute Gasteiger partial charge is 0.273 e. The molecule has 1 aliphatic carbocycles. The first-order valence-electron chi connectivity index (χ1n) is 11.4. The lowest BCUT2D eigenvalue weighted by Crippen LogP contribution is -2.51. The van der Waals surface area contributed by atoms with Crippen molar-refractivity contribution in [3.8, 4) is 0 Å². The maximum atomic E-state index is 13.1. The molecule has 0 radical (unpaired) electrons. The molecule has 9 heteroatoms. The molecular weight excluding hydrogens is 420 g/mol. The van der Waals surface area contributed by atoms with E-state index in [0.29, 0.717) is 24.4 Å². The van der Waals surface area contributed by atoms with Gasteiger partial charge in [0.2, 0.25) is 0 Å². The van der Waals surface area contributed by atoms with Crippen LogP contribution in [-0.2, 0) is 4.74 Å². The van der Waals surface area contributed by atoms with Crippen molar-refractivity contribution in [2.45, 2.75) is 31.7 Å². The van der Waals surface area contributed by atoms with Crippen LogP contribution in [0.1, 0.15) is 52.6 Å². The third-order valence-corrected chi connectivity index (χ3v) is 7.17. The Labute approximate surface area is 192 Å². The van der Waals surface area contributed by atoms with E-state index in [1.807, 2.05) is 39.9 Å². The van der Waals surface area contributed by atoms with E-state index in [4.69, 9.17) is 4.74 Å². The SMILES string of the molecule is COCCNC(=O)c1cn(C2CCC23CCN(C(=O)c2ccc4ncccc4c2)CC3)nn1. The maximum absolute atomic E-state index is 13.1. The minimum Gasteiger partial charge on any atom is -0.383 e. The van der Waals surface area contributed by atoms with Crippen LogP contribution in [0.2, 0.25) is 0 Å². The molecule has 1 spiro atoms. The fraction of sp³-hybridized carbons (Fsp3) is 0.458. The summed E-state index contributed by atoms with van der Waals surface area (Å²) in [4.78, 5) is 31.6. The zero-order valence-corrected chi connectivity index (χ0v) is 18.7. The van der Waals surface area contributed by atoms with Crippen LogP contribution in [0.3, 0.4) is 0 Å². The third kappa shape index (κ3) is 4.08. The minimum atomic E-state index is -0.238. The van der Waals surface area contributed by atoms with Crippen LogP contribution >= 0.6 is 0 Å². The molecule has 3 heterocycles. The quantitative estimate of drug-likeness (QED) is 0.581. The molecule has 5 rings (SSSR count). The van der Waals surface area contributed by atoms with Crippen LogP contribution in [-0.4, -0.2) is 70.0 Å². The summed E-state index contributed by atoms with van der Waals surface area (Å²) in [5, 5.41) is 12.1. The van der Waals surface area contributed by atoms with E-state index in [9.17, 15) is 9.59 Å². The summed E-state index contributed by atoms with van der Waals surface area (Å²) in [6.45, 7) is 2.34. The van der Waals surface area contributed by atoms with Crippen molar-refractivity contribution in [1.29, 1.82) is 0 Å². The van der Waals surface area contributed by atoms with Crippen LogP contribution < -0.4 is 5.32 Å². The van der Waals surface area contributed by atoms with E-state index in [0.717, 1.165) is 49.7 Å². The Bertz CT molecular complexity index is 1170. The highest BCUT2D eigenvalue weighted by Crippen LogP contribution is 2.56. The van der Waals surface area contributed by atoms with Crippen molar-refractivity contribution in [2.75, 3.05) is 33.4 Å². The van der Waals surface area contributed by atoms with E-state index in [2.05, 4.69) is 20.6 Å². The van der Waals surface area contributed by atoms with Crippen LogP contribution in [0, 0.1) is 5.41 Å². The number of amides is 2. The number of methoxy groups -OCH3 is 1. The summed E-state index contributed by atoms with van der Waals surface area (Å²) < 4.78 is 6.81. The number of aromatic nitrogens is 4. The number of fused-ring (bicyclic) bond motifs is 1. The first kappa shape index (κ1) is 21.5. The molecule has 1 aromatic carbocycles. The fourth-order valence-electron chi connectivity index (χ4n) is 5.11. The Morgan fingerprint density at radius 2 is 2.06 bits per heavy atom. The third-order valence-electron chi connectivity index (χ3n) is 7.17. The Balaban J connectivity index is 1.22. The standard InChI is InChI=1S/C24H28N6O3/c1-33-14-11-26-22(31)20-16-30(28-27-20)21-6-7-24(21)8-12-29(13-9-24)23(32)18-4-5-19-17(15-18)3-2-10-25-19/h2-5,10,15-16,21H,6-9,11-14H2,1H3,(H,26,31). The van der Waals surface area contributed by atoms with Crippen molar-refractivity contribution >= 4 is 22.7 Å². The number of benzene rings is 1. The number of likely N-dealkylation sites (tertiary alicyclic amines) is 1. The summed E-state index contributed by atoms with van der Waals surface area (Å²) in [5.41, 5.74) is 2.04. The summed E-state index contributed by atoms with van der Waals surface area (Å²) in [6, 6.07) is 9.78. The fourth-order valence-corrected chi connectivity index (χ4v) is 5.11. The largest absolute Gasteiger partial charge is 0.383 e. The highest BCUT2D eigenvalue weighted by Gasteiger charge is 2.50. The molecule has 1 saturated carbocycles. The van der Waals surface area contributed by atoms with E-state index in [1.54, 1.807) is 19.5 Å². The topological polar surface area (TPSA) is 102 Å². The van der Waals surface area contributed by atoms with Gasteiger partial charge in [0.25, 0.3) is 11.8 Å². The second-order valence-electron chi connectivity index (χ2n) is 8.95. The average Bonchev–Trinajstić information content (AvgIpc) is 3.32. The van der Waals surface area contributed by atoms with Crippen molar-refractivity contribution in [3.63, 3.8) is 0 Å². The zero-order chi connectivity index (χ0) is 22.8. The molecule has 1 atom stereocenters. The maximum Gasteiger partial charge on any atom is 0.273 e. The molecule has 33 heavy (non-hydrogen) atoms. The number of pyridine rings is 1. The normalized spacial score (nSPS) is 19.4. The van der Waals surface area contributed by atoms with Gasteiger partial charge in [-0.3, -0.25) is 14.6 Å². The second kappa shape index (κ2) is 8.90. The molecule has 1 unspecified atom stereocenters. The summed E-state index contributed by atoms with van der Waals surface area (Å²) in [7, 11) is 1.59. The number of hydrogen-bond donors (Lipinski definition) is 1. The average molecular weight is 449 g/mol. The number of rotatable bonds is 6. The Kier molecular flexibility index (Phi) is 5.80. The first-order valence-corrected chi connectivity index (χ1v) is 11.4. The lowest BCUT2D eigenvalue weighted by molar-refractivity contribution is -0.0268. The highest BCUT2D eigenvalue weighted by atomic mass is 16.5. The van der Waals surface area contributed by atoms with Crippen molar-refractivity contribution in [3.05, 3.63) is 54.0 Å². The Morgan fingerprint density at radius 1 is 1.21 bits per heavy atom. The van der Waals surface area contributed by atoms with Gasteiger partial charge in [-0.2, -0.15) is 0 Å². The first-order chi connectivity index (χ1) is 16.1. The summed E-state index contributed by atoms with van der Waals surface area (Å²) in [6.07, 6.45) is 7.47.